The van der Waals surface area contributed by atoms with Crippen LogP contribution in [-0.4, -0.2) is 21.1 Å². The number of carbonyl (C=O) groups is 1. The average molecular weight is 274 g/mol. The van der Waals surface area contributed by atoms with E-state index >= 15 is 0 Å². The highest BCUT2D eigenvalue weighted by Gasteiger charge is 2.17. The van der Waals surface area contributed by atoms with Crippen molar-refractivity contribution in [2.24, 2.45) is 0 Å². The molecule has 1 aromatic carbocycles. The van der Waals surface area contributed by atoms with Crippen molar-refractivity contribution in [2.45, 2.75) is 39.8 Å². The van der Waals surface area contributed by atoms with Crippen molar-refractivity contribution in [3.05, 3.63) is 40.4 Å². The lowest BCUT2D eigenvalue weighted by molar-refractivity contribution is -0.155. The van der Waals surface area contributed by atoms with Crippen molar-refractivity contribution >= 4 is 16.9 Å². The van der Waals surface area contributed by atoms with Gasteiger partial charge in [0, 0.05) is 0 Å². The molecule has 5 heteroatoms. The molecule has 106 valence electrons. The summed E-state index contributed by atoms with van der Waals surface area (Å²) >= 11 is 0. The van der Waals surface area contributed by atoms with E-state index in [1.54, 1.807) is 32.9 Å². The summed E-state index contributed by atoms with van der Waals surface area (Å²) in [4.78, 5) is 28.3. The second kappa shape index (κ2) is 5.07. The predicted octanol–water partition coefficient (Wildman–Crippen LogP) is 2.05. The van der Waals surface area contributed by atoms with Crippen LogP contribution in [0, 0.1) is 6.92 Å². The zero-order valence-electron chi connectivity index (χ0n) is 12.1. The smallest absolute Gasteiger partial charge is 0.326 e. The van der Waals surface area contributed by atoms with E-state index in [0.717, 1.165) is 5.56 Å². The first kappa shape index (κ1) is 14.2. The largest absolute Gasteiger partial charge is 0.459 e. The van der Waals surface area contributed by atoms with Crippen molar-refractivity contribution in [3.63, 3.8) is 0 Å². The first-order valence-electron chi connectivity index (χ1n) is 6.44. The minimum absolute atomic E-state index is 0.132. The molecule has 0 radical (unpaired) electrons. The highest BCUT2D eigenvalue weighted by atomic mass is 16.6. The molecule has 20 heavy (non-hydrogen) atoms. The van der Waals surface area contributed by atoms with Gasteiger partial charge in [0.15, 0.2) is 0 Å². The first-order valence-corrected chi connectivity index (χ1v) is 6.44. The van der Waals surface area contributed by atoms with Gasteiger partial charge in [-0.3, -0.25) is 14.2 Å². The second-order valence-electron chi connectivity index (χ2n) is 5.74. The Morgan fingerprint density at radius 3 is 2.70 bits per heavy atom. The minimum Gasteiger partial charge on any atom is -0.459 e. The Kier molecular flexibility index (Phi) is 3.61. The fraction of sp³-hybridized carbons (Fsp3) is 0.400. The van der Waals surface area contributed by atoms with Crippen LogP contribution < -0.4 is 5.56 Å². The van der Waals surface area contributed by atoms with E-state index in [9.17, 15) is 9.59 Å². The molecule has 1 aromatic heterocycles. The average Bonchev–Trinajstić information content (AvgIpc) is 2.31. The molecular weight excluding hydrogens is 256 g/mol. The lowest BCUT2D eigenvalue weighted by Crippen LogP contribution is -2.30. The molecule has 5 nitrogen and oxygen atoms in total. The lowest BCUT2D eigenvalue weighted by atomic mass is 10.1. The topological polar surface area (TPSA) is 61.2 Å². The van der Waals surface area contributed by atoms with Gasteiger partial charge in [-0.2, -0.15) is 0 Å². The van der Waals surface area contributed by atoms with Gasteiger partial charge in [-0.25, -0.2) is 4.98 Å². The highest BCUT2D eigenvalue weighted by molar-refractivity contribution is 5.80. The summed E-state index contributed by atoms with van der Waals surface area (Å²) in [6, 6.07) is 5.41. The van der Waals surface area contributed by atoms with Crippen LogP contribution in [-0.2, 0) is 16.1 Å². The maximum atomic E-state index is 12.3. The number of benzene rings is 1. The van der Waals surface area contributed by atoms with Gasteiger partial charge in [-0.1, -0.05) is 12.1 Å². The molecule has 0 bridgehead atoms. The molecule has 0 aliphatic heterocycles. The van der Waals surface area contributed by atoms with Crippen LogP contribution in [0.4, 0.5) is 0 Å². The third kappa shape index (κ3) is 3.04. The van der Waals surface area contributed by atoms with Gasteiger partial charge in [-0.15, -0.1) is 0 Å². The zero-order valence-corrected chi connectivity index (χ0v) is 12.1. The van der Waals surface area contributed by atoms with Crippen LogP contribution in [0.25, 0.3) is 10.9 Å². The predicted molar refractivity (Wildman–Crippen MR) is 76.6 cm³/mol. The van der Waals surface area contributed by atoms with E-state index in [1.165, 1.54) is 10.9 Å². The molecule has 0 amide bonds. The van der Waals surface area contributed by atoms with Crippen LogP contribution >= 0.6 is 0 Å². The van der Waals surface area contributed by atoms with Crippen LogP contribution in [0.5, 0.6) is 0 Å². The van der Waals surface area contributed by atoms with Crippen molar-refractivity contribution < 1.29 is 9.53 Å². The summed E-state index contributed by atoms with van der Waals surface area (Å²) in [5.74, 6) is -0.451. The molecule has 0 aliphatic carbocycles. The fourth-order valence-corrected chi connectivity index (χ4v) is 1.96. The van der Waals surface area contributed by atoms with Crippen molar-refractivity contribution in [2.75, 3.05) is 0 Å². The number of aromatic nitrogens is 2. The zero-order chi connectivity index (χ0) is 14.9. The van der Waals surface area contributed by atoms with E-state index in [1.807, 2.05) is 13.0 Å². The number of para-hydroxylation sites is 1. The molecule has 0 atom stereocenters. The van der Waals surface area contributed by atoms with Gasteiger partial charge in [0.1, 0.15) is 12.1 Å². The Morgan fingerprint density at radius 2 is 2.05 bits per heavy atom. The number of fused-ring (bicyclic) bond motifs is 1. The second-order valence-corrected chi connectivity index (χ2v) is 5.74. The summed E-state index contributed by atoms with van der Waals surface area (Å²) in [7, 11) is 0. The Bertz CT molecular complexity index is 711. The van der Waals surface area contributed by atoms with Gasteiger partial charge in [-0.05, 0) is 39.3 Å². The summed E-state index contributed by atoms with van der Waals surface area (Å²) in [5.41, 5.74) is 0.799. The number of ether oxygens (including phenoxy) is 1. The highest BCUT2D eigenvalue weighted by Crippen LogP contribution is 2.11. The monoisotopic (exact) mass is 274 g/mol. The minimum atomic E-state index is -0.568. The first-order chi connectivity index (χ1) is 9.28. The van der Waals surface area contributed by atoms with E-state index < -0.39 is 11.6 Å². The van der Waals surface area contributed by atoms with Gasteiger partial charge < -0.3 is 4.74 Å². The molecule has 0 saturated carbocycles. The number of hydrogen-bond donors (Lipinski definition) is 0. The SMILES string of the molecule is Cc1cccc2c(=O)n(CC(=O)OC(C)(C)C)cnc12. The van der Waals surface area contributed by atoms with E-state index in [0.29, 0.717) is 10.9 Å². The van der Waals surface area contributed by atoms with E-state index in [2.05, 4.69) is 4.98 Å². The van der Waals surface area contributed by atoms with Gasteiger partial charge in [0.2, 0.25) is 0 Å². The lowest BCUT2D eigenvalue weighted by Gasteiger charge is -2.19. The van der Waals surface area contributed by atoms with E-state index in [4.69, 9.17) is 4.74 Å². The molecule has 0 N–H and O–H groups in total. The molecule has 0 saturated heterocycles. The van der Waals surface area contributed by atoms with E-state index in [-0.39, 0.29) is 12.1 Å². The third-order valence-corrected chi connectivity index (χ3v) is 2.77. The Hall–Kier alpha value is -2.17. The molecule has 0 fully saturated rings. The number of rotatable bonds is 2. The normalized spacial score (nSPS) is 11.6. The Balaban J connectivity index is 2.35. The summed E-state index contributed by atoms with van der Waals surface area (Å²) in [6.07, 6.45) is 1.39. The van der Waals surface area contributed by atoms with Crippen LogP contribution in [0.1, 0.15) is 26.3 Å². The standard InChI is InChI=1S/C15H18N2O3/c1-10-6-5-7-11-13(10)16-9-17(14(11)19)8-12(18)20-15(2,3)4/h5-7,9H,8H2,1-4H3. The molecule has 0 spiro atoms. The summed E-state index contributed by atoms with van der Waals surface area (Å²) in [5, 5.41) is 0.510. The Morgan fingerprint density at radius 1 is 1.35 bits per heavy atom. The van der Waals surface area contributed by atoms with Crippen LogP contribution in [0.15, 0.2) is 29.3 Å². The summed E-state index contributed by atoms with van der Waals surface area (Å²) in [6.45, 7) is 7.13. The number of aryl methyl sites for hydroxylation is 1. The molecular formula is C15H18N2O3. The van der Waals surface area contributed by atoms with Gasteiger partial charge in [0.05, 0.1) is 17.2 Å². The molecule has 2 aromatic rings. The number of esters is 1. The fourth-order valence-electron chi connectivity index (χ4n) is 1.96. The maximum Gasteiger partial charge on any atom is 0.326 e. The van der Waals surface area contributed by atoms with Crippen molar-refractivity contribution in [3.8, 4) is 0 Å². The van der Waals surface area contributed by atoms with Crippen LogP contribution in [0.3, 0.4) is 0 Å². The van der Waals surface area contributed by atoms with Crippen molar-refractivity contribution in [1.82, 2.24) is 9.55 Å². The number of carbonyl (C=O) groups excluding carboxylic acids is 1. The third-order valence-electron chi connectivity index (χ3n) is 2.77. The Labute approximate surface area is 117 Å². The number of nitrogens with zero attached hydrogens (tertiary/aromatic N) is 2. The quantitative estimate of drug-likeness (QED) is 0.786. The van der Waals surface area contributed by atoms with Crippen molar-refractivity contribution in [1.29, 1.82) is 0 Å². The van der Waals surface area contributed by atoms with Gasteiger partial charge in [0.25, 0.3) is 5.56 Å². The number of hydrogen-bond acceptors (Lipinski definition) is 4. The maximum absolute atomic E-state index is 12.3. The van der Waals surface area contributed by atoms with Crippen LogP contribution in [0.2, 0.25) is 0 Å². The summed E-state index contributed by atoms with van der Waals surface area (Å²) < 4.78 is 6.48. The molecule has 1 heterocycles. The van der Waals surface area contributed by atoms with Gasteiger partial charge >= 0.3 is 5.97 Å². The molecule has 0 aliphatic rings. The molecule has 2 rings (SSSR count). The molecule has 0 unspecified atom stereocenters.